The molecule has 0 bridgehead atoms. The Balaban J connectivity index is 1.60. The third kappa shape index (κ3) is 4.11. The Morgan fingerprint density at radius 2 is 1.91 bits per heavy atom. The number of H-pyrrole nitrogens is 1. The molecule has 1 aliphatic rings. The number of nitrogens with one attached hydrogen (secondary N) is 3. The van der Waals surface area contributed by atoms with Crippen LogP contribution in [0.25, 0.3) is 11.0 Å². The first kappa shape index (κ1) is 21.7. The average molecular weight is 476 g/mol. The molecule has 0 spiro atoms. The van der Waals surface area contributed by atoms with Crippen molar-refractivity contribution in [2.75, 3.05) is 16.9 Å². The van der Waals surface area contributed by atoms with E-state index < -0.39 is 9.84 Å². The third-order valence-corrected chi connectivity index (χ3v) is 6.82. The maximum atomic E-state index is 12.8. The van der Waals surface area contributed by atoms with Gasteiger partial charge in [0.15, 0.2) is 15.5 Å². The number of pyridine rings is 2. The van der Waals surface area contributed by atoms with Crippen LogP contribution in [0.4, 0.5) is 23.0 Å². The van der Waals surface area contributed by atoms with Crippen LogP contribution in [0.5, 0.6) is 0 Å². The Labute approximate surface area is 195 Å². The van der Waals surface area contributed by atoms with Crippen molar-refractivity contribution >= 4 is 43.9 Å². The van der Waals surface area contributed by atoms with Gasteiger partial charge in [0.05, 0.1) is 21.8 Å². The second-order valence-electron chi connectivity index (χ2n) is 8.35. The van der Waals surface area contributed by atoms with Gasteiger partial charge in [-0.1, -0.05) is 6.07 Å². The van der Waals surface area contributed by atoms with E-state index in [0.717, 1.165) is 18.4 Å². The lowest BCUT2D eigenvalue weighted by Crippen LogP contribution is -2.12. The summed E-state index contributed by atoms with van der Waals surface area (Å²) < 4.78 is 26.4. The van der Waals surface area contributed by atoms with Crippen LogP contribution < -0.4 is 16.2 Å². The molecule has 0 aliphatic heterocycles. The van der Waals surface area contributed by atoms with E-state index in [-0.39, 0.29) is 10.5 Å². The van der Waals surface area contributed by atoms with E-state index in [1.54, 1.807) is 37.4 Å². The lowest BCUT2D eigenvalue weighted by molar-refractivity contribution is 0.602. The summed E-state index contributed by atoms with van der Waals surface area (Å²) in [7, 11) is -1.95. The van der Waals surface area contributed by atoms with Gasteiger partial charge in [0, 0.05) is 25.6 Å². The molecule has 1 saturated carbocycles. The van der Waals surface area contributed by atoms with E-state index in [1.807, 2.05) is 12.1 Å². The Bertz CT molecular complexity index is 1630. The number of aryl methyl sites for hydroxylation is 1. The highest BCUT2D eigenvalue weighted by molar-refractivity contribution is 7.90. The summed E-state index contributed by atoms with van der Waals surface area (Å²) in [6.45, 7) is 0. The number of hydrogen-bond acceptors (Lipinski definition) is 8. The van der Waals surface area contributed by atoms with Crippen LogP contribution in [-0.4, -0.2) is 34.4 Å². The fraction of sp³-hybridized carbons (Fsp3) is 0.217. The Hall–Kier alpha value is -4.17. The number of anilines is 4. The molecule has 1 aromatic carbocycles. The molecule has 0 unspecified atom stereocenters. The van der Waals surface area contributed by atoms with Gasteiger partial charge < -0.3 is 10.6 Å². The van der Waals surface area contributed by atoms with Gasteiger partial charge in [0.25, 0.3) is 5.56 Å². The number of hydrogen-bond donors (Lipinski definition) is 3. The van der Waals surface area contributed by atoms with Crippen LogP contribution in [0, 0.1) is 11.3 Å². The molecular formula is C23H21N7O3S. The molecule has 1 aliphatic carbocycles. The topological polar surface area (TPSA) is 146 Å². The maximum absolute atomic E-state index is 12.8. The number of aromatic nitrogens is 4. The summed E-state index contributed by atoms with van der Waals surface area (Å²) in [4.78, 5) is 21.6. The van der Waals surface area contributed by atoms with Crippen LogP contribution in [0.3, 0.4) is 0 Å². The van der Waals surface area contributed by atoms with E-state index in [9.17, 15) is 13.2 Å². The first-order chi connectivity index (χ1) is 16.2. The summed E-state index contributed by atoms with van der Waals surface area (Å²) in [5.41, 5.74) is 2.22. The van der Waals surface area contributed by atoms with Crippen molar-refractivity contribution in [1.82, 2.24) is 19.7 Å². The second-order valence-corrected chi connectivity index (χ2v) is 10.3. The summed E-state index contributed by atoms with van der Waals surface area (Å²) in [5.74, 6) is 1.24. The van der Waals surface area contributed by atoms with Crippen LogP contribution in [0.15, 0.2) is 52.3 Å². The van der Waals surface area contributed by atoms with Crippen LogP contribution >= 0.6 is 0 Å². The number of aromatic amines is 1. The highest BCUT2D eigenvalue weighted by Gasteiger charge is 2.26. The minimum atomic E-state index is -3.53. The molecule has 3 heterocycles. The van der Waals surface area contributed by atoms with Gasteiger partial charge in [-0.3, -0.25) is 14.6 Å². The van der Waals surface area contributed by atoms with Crippen molar-refractivity contribution in [3.63, 3.8) is 0 Å². The van der Waals surface area contributed by atoms with E-state index >= 15 is 0 Å². The predicted molar refractivity (Wildman–Crippen MR) is 128 cm³/mol. The Kier molecular flexibility index (Phi) is 5.10. The molecule has 0 atom stereocenters. The normalized spacial score (nSPS) is 13.6. The lowest BCUT2D eigenvalue weighted by Gasteiger charge is -2.14. The molecule has 10 nitrogen and oxygen atoms in total. The largest absolute Gasteiger partial charge is 0.354 e. The van der Waals surface area contributed by atoms with E-state index in [2.05, 4.69) is 25.7 Å². The fourth-order valence-corrected chi connectivity index (χ4v) is 4.68. The lowest BCUT2D eigenvalue weighted by atomic mass is 10.1. The molecule has 3 N–H and O–H groups in total. The third-order valence-electron chi connectivity index (χ3n) is 5.68. The van der Waals surface area contributed by atoms with E-state index in [4.69, 9.17) is 5.26 Å². The van der Waals surface area contributed by atoms with Crippen LogP contribution in [0.1, 0.15) is 29.9 Å². The summed E-state index contributed by atoms with van der Waals surface area (Å²) in [6.07, 6.45) is 4.72. The van der Waals surface area contributed by atoms with Crippen molar-refractivity contribution < 1.29 is 8.42 Å². The zero-order valence-corrected chi connectivity index (χ0v) is 19.3. The maximum Gasteiger partial charge on any atom is 0.277 e. The van der Waals surface area contributed by atoms with Crippen LogP contribution in [0.2, 0.25) is 0 Å². The number of fused-ring (bicyclic) bond motifs is 1. The molecule has 0 amide bonds. The van der Waals surface area contributed by atoms with Gasteiger partial charge in [-0.25, -0.2) is 18.4 Å². The fourth-order valence-electron chi connectivity index (χ4n) is 3.81. The van der Waals surface area contributed by atoms with Gasteiger partial charge in [-0.2, -0.15) is 5.26 Å². The molecule has 172 valence electrons. The molecule has 1 fully saturated rings. The van der Waals surface area contributed by atoms with Gasteiger partial charge in [-0.15, -0.1) is 0 Å². The summed E-state index contributed by atoms with van der Waals surface area (Å²) in [5, 5.41) is 18.4. The van der Waals surface area contributed by atoms with Crippen LogP contribution in [-0.2, 0) is 16.9 Å². The number of nitriles is 1. The van der Waals surface area contributed by atoms with Crippen molar-refractivity contribution in [2.45, 2.75) is 23.7 Å². The molecule has 0 radical (unpaired) electrons. The van der Waals surface area contributed by atoms with Gasteiger partial charge >= 0.3 is 0 Å². The monoisotopic (exact) mass is 475 g/mol. The molecular weight excluding hydrogens is 454 g/mol. The minimum absolute atomic E-state index is 0.178. The summed E-state index contributed by atoms with van der Waals surface area (Å²) >= 11 is 0. The van der Waals surface area contributed by atoms with Crippen molar-refractivity contribution in [2.24, 2.45) is 7.05 Å². The molecule has 5 rings (SSSR count). The minimum Gasteiger partial charge on any atom is -0.354 e. The zero-order valence-electron chi connectivity index (χ0n) is 18.5. The number of nitrogens with zero attached hydrogens (tertiary/aromatic N) is 4. The van der Waals surface area contributed by atoms with Gasteiger partial charge in [0.2, 0.25) is 0 Å². The van der Waals surface area contributed by atoms with Crippen molar-refractivity contribution in [1.29, 1.82) is 5.26 Å². The first-order valence-corrected chi connectivity index (χ1v) is 12.5. The summed E-state index contributed by atoms with van der Waals surface area (Å²) in [6, 6.07) is 12.3. The number of benzene rings is 1. The average Bonchev–Trinajstić information content (AvgIpc) is 3.60. The SMILES string of the molecule is Cn1[nH]c2nc(Nc3ccc(C#N)cn3)cc(Nc3ccc(C4CC4)cc3S(C)(=O)=O)c2c1=O. The molecule has 11 heteroatoms. The van der Waals surface area contributed by atoms with Crippen molar-refractivity contribution in [3.05, 3.63) is 64.1 Å². The Morgan fingerprint density at radius 1 is 1.12 bits per heavy atom. The molecule has 34 heavy (non-hydrogen) atoms. The zero-order chi connectivity index (χ0) is 24.0. The molecule has 4 aromatic rings. The van der Waals surface area contributed by atoms with Crippen molar-refractivity contribution in [3.8, 4) is 6.07 Å². The highest BCUT2D eigenvalue weighted by Crippen LogP contribution is 2.42. The second kappa shape index (κ2) is 8.00. The first-order valence-electron chi connectivity index (χ1n) is 10.6. The van der Waals surface area contributed by atoms with E-state index in [0.29, 0.717) is 45.5 Å². The van der Waals surface area contributed by atoms with Gasteiger partial charge in [-0.05, 0) is 48.6 Å². The number of rotatable bonds is 6. The van der Waals surface area contributed by atoms with Gasteiger partial charge in [0.1, 0.15) is 23.1 Å². The standard InChI is InChI=1S/C23H21N7O3S/c1-30-23(31)21-17(26-16-7-6-15(14-4-5-14)9-18(16)34(2,32)33)10-20(28-22(21)29-30)27-19-8-3-13(11-24)12-25-19/h3,6-10,12,14H,4-5H2,1-2H3,(H3,25,26,27,28,29). The quantitative estimate of drug-likeness (QED) is 0.385. The molecule has 0 saturated heterocycles. The predicted octanol–water partition coefficient (Wildman–Crippen LogP) is 3.30. The van der Waals surface area contributed by atoms with E-state index in [1.165, 1.54) is 17.1 Å². The Morgan fingerprint density at radius 3 is 2.56 bits per heavy atom. The number of sulfone groups is 1. The smallest absolute Gasteiger partial charge is 0.277 e. The highest BCUT2D eigenvalue weighted by atomic mass is 32.2. The molecule has 3 aromatic heterocycles.